The van der Waals surface area contributed by atoms with Crippen molar-refractivity contribution >= 4 is 38.6 Å². The second kappa shape index (κ2) is 7.46. The maximum atomic E-state index is 9.80. The summed E-state index contributed by atoms with van der Waals surface area (Å²) in [6.45, 7) is 0. The SMILES string of the molecule is COc1cc(/C=N/Nc2nc(-c3ccccc3)cs2)cc(Br)c1O. The van der Waals surface area contributed by atoms with E-state index in [0.29, 0.717) is 15.4 Å². The van der Waals surface area contributed by atoms with Gasteiger partial charge in [0.2, 0.25) is 5.13 Å². The molecule has 0 amide bonds. The Morgan fingerprint density at radius 3 is 2.83 bits per heavy atom. The average molecular weight is 404 g/mol. The van der Waals surface area contributed by atoms with Crippen LogP contribution in [0.2, 0.25) is 0 Å². The summed E-state index contributed by atoms with van der Waals surface area (Å²) in [7, 11) is 1.50. The molecule has 0 atom stereocenters. The Labute approximate surface area is 151 Å². The molecule has 3 aromatic rings. The summed E-state index contributed by atoms with van der Waals surface area (Å²) in [6.07, 6.45) is 1.64. The fourth-order valence-corrected chi connectivity index (χ4v) is 3.18. The van der Waals surface area contributed by atoms with Crippen LogP contribution in [0.15, 0.2) is 57.4 Å². The van der Waals surface area contributed by atoms with Crippen molar-refractivity contribution in [1.82, 2.24) is 4.98 Å². The normalized spacial score (nSPS) is 10.9. The summed E-state index contributed by atoms with van der Waals surface area (Å²) in [5.41, 5.74) is 5.67. The molecular weight excluding hydrogens is 390 g/mol. The van der Waals surface area contributed by atoms with Crippen molar-refractivity contribution in [3.8, 4) is 22.8 Å². The van der Waals surface area contributed by atoms with Crippen molar-refractivity contribution in [1.29, 1.82) is 0 Å². The van der Waals surface area contributed by atoms with Gasteiger partial charge in [0.15, 0.2) is 11.5 Å². The Morgan fingerprint density at radius 2 is 2.08 bits per heavy atom. The summed E-state index contributed by atoms with van der Waals surface area (Å²) in [4.78, 5) is 4.50. The van der Waals surface area contributed by atoms with Gasteiger partial charge in [0.1, 0.15) is 0 Å². The van der Waals surface area contributed by atoms with Gasteiger partial charge in [-0.15, -0.1) is 11.3 Å². The zero-order valence-electron chi connectivity index (χ0n) is 12.7. The number of methoxy groups -OCH3 is 1. The van der Waals surface area contributed by atoms with Crippen LogP contribution >= 0.6 is 27.3 Å². The molecule has 7 heteroatoms. The Kier molecular flexibility index (Phi) is 5.12. The lowest BCUT2D eigenvalue weighted by Crippen LogP contribution is -1.92. The van der Waals surface area contributed by atoms with Gasteiger partial charge in [-0.2, -0.15) is 5.10 Å². The molecule has 122 valence electrons. The highest BCUT2D eigenvalue weighted by Gasteiger charge is 2.07. The number of aromatic nitrogens is 1. The lowest BCUT2D eigenvalue weighted by Gasteiger charge is -2.06. The van der Waals surface area contributed by atoms with E-state index < -0.39 is 0 Å². The van der Waals surface area contributed by atoms with Crippen molar-refractivity contribution in [3.05, 3.63) is 57.9 Å². The third kappa shape index (κ3) is 3.74. The number of phenols is 1. The lowest BCUT2D eigenvalue weighted by molar-refractivity contribution is 0.372. The van der Waals surface area contributed by atoms with Crippen LogP contribution < -0.4 is 10.2 Å². The van der Waals surface area contributed by atoms with Crippen molar-refractivity contribution in [3.63, 3.8) is 0 Å². The number of anilines is 1. The zero-order chi connectivity index (χ0) is 16.9. The number of hydrazone groups is 1. The zero-order valence-corrected chi connectivity index (χ0v) is 15.1. The van der Waals surface area contributed by atoms with Crippen molar-refractivity contribution in [2.45, 2.75) is 0 Å². The largest absolute Gasteiger partial charge is 0.503 e. The highest BCUT2D eigenvalue weighted by molar-refractivity contribution is 9.10. The quantitative estimate of drug-likeness (QED) is 0.477. The van der Waals surface area contributed by atoms with Crippen molar-refractivity contribution in [2.24, 2.45) is 5.10 Å². The van der Waals surface area contributed by atoms with Gasteiger partial charge in [-0.1, -0.05) is 30.3 Å². The van der Waals surface area contributed by atoms with Crippen LogP contribution in [-0.4, -0.2) is 23.4 Å². The number of hydrogen-bond donors (Lipinski definition) is 2. The standard InChI is InChI=1S/C17H14BrN3O2S/c1-23-15-8-11(7-13(18)16(15)22)9-19-21-17-20-14(10-24-17)12-5-3-2-4-6-12/h2-10,22H,1H3,(H,20,21)/b19-9+. The Morgan fingerprint density at radius 1 is 1.29 bits per heavy atom. The molecule has 2 N–H and O–H groups in total. The molecule has 0 unspecified atom stereocenters. The molecule has 2 aromatic carbocycles. The number of ether oxygens (including phenoxy) is 1. The van der Waals surface area contributed by atoms with Gasteiger partial charge in [-0.05, 0) is 33.6 Å². The molecule has 0 aliphatic rings. The number of hydrogen-bond acceptors (Lipinski definition) is 6. The monoisotopic (exact) mass is 403 g/mol. The van der Waals surface area contributed by atoms with Crippen molar-refractivity contribution < 1.29 is 9.84 Å². The highest BCUT2D eigenvalue weighted by Crippen LogP contribution is 2.34. The number of thiazole rings is 1. The fourth-order valence-electron chi connectivity index (χ4n) is 2.05. The van der Waals surface area contributed by atoms with E-state index >= 15 is 0 Å². The molecule has 0 spiro atoms. The third-order valence-electron chi connectivity index (χ3n) is 3.22. The molecule has 0 radical (unpaired) electrons. The summed E-state index contributed by atoms with van der Waals surface area (Å²) >= 11 is 4.76. The minimum Gasteiger partial charge on any atom is -0.503 e. The minimum atomic E-state index is 0.0648. The van der Waals surface area contributed by atoms with Crippen LogP contribution in [0.3, 0.4) is 0 Å². The molecule has 24 heavy (non-hydrogen) atoms. The summed E-state index contributed by atoms with van der Waals surface area (Å²) < 4.78 is 5.66. The van der Waals surface area contributed by atoms with Crippen LogP contribution in [0.5, 0.6) is 11.5 Å². The Hall–Kier alpha value is -2.38. The predicted octanol–water partition coefficient (Wildman–Crippen LogP) is 4.73. The van der Waals surface area contributed by atoms with Crippen LogP contribution in [0.25, 0.3) is 11.3 Å². The first kappa shape index (κ1) is 16.5. The Balaban J connectivity index is 1.71. The molecule has 0 fully saturated rings. The second-order valence-electron chi connectivity index (χ2n) is 4.83. The summed E-state index contributed by atoms with van der Waals surface area (Å²) in [5.74, 6) is 0.446. The number of halogens is 1. The van der Waals surface area contributed by atoms with E-state index in [4.69, 9.17) is 4.74 Å². The van der Waals surface area contributed by atoms with Crippen LogP contribution in [-0.2, 0) is 0 Å². The number of phenolic OH excluding ortho intramolecular Hbond substituents is 1. The molecule has 1 aromatic heterocycles. The second-order valence-corrected chi connectivity index (χ2v) is 6.54. The summed E-state index contributed by atoms with van der Waals surface area (Å²) in [6, 6.07) is 13.4. The van der Waals surface area contributed by atoms with Gasteiger partial charge < -0.3 is 9.84 Å². The number of nitrogens with zero attached hydrogens (tertiary/aromatic N) is 2. The van der Waals surface area contributed by atoms with E-state index in [1.165, 1.54) is 18.4 Å². The van der Waals surface area contributed by atoms with Gasteiger partial charge in [0, 0.05) is 10.9 Å². The first-order valence-electron chi connectivity index (χ1n) is 7.04. The van der Waals surface area contributed by atoms with Gasteiger partial charge >= 0.3 is 0 Å². The number of benzene rings is 2. The molecule has 0 saturated carbocycles. The topological polar surface area (TPSA) is 66.7 Å². The maximum Gasteiger partial charge on any atom is 0.203 e. The first-order chi connectivity index (χ1) is 11.7. The number of nitrogens with one attached hydrogen (secondary N) is 1. The lowest BCUT2D eigenvalue weighted by atomic mass is 10.2. The average Bonchev–Trinajstić information content (AvgIpc) is 3.07. The van der Waals surface area contributed by atoms with Crippen molar-refractivity contribution in [2.75, 3.05) is 12.5 Å². The third-order valence-corrected chi connectivity index (χ3v) is 4.57. The van der Waals surface area contributed by atoms with Gasteiger partial charge in [-0.25, -0.2) is 4.98 Å². The maximum absolute atomic E-state index is 9.80. The minimum absolute atomic E-state index is 0.0648. The van der Waals surface area contributed by atoms with E-state index in [9.17, 15) is 5.11 Å². The number of rotatable bonds is 5. The van der Waals surface area contributed by atoms with E-state index in [1.54, 1.807) is 18.3 Å². The molecule has 0 aliphatic carbocycles. The molecule has 0 bridgehead atoms. The Bertz CT molecular complexity index is 866. The molecule has 0 saturated heterocycles. The molecule has 0 aliphatic heterocycles. The molecule has 5 nitrogen and oxygen atoms in total. The van der Waals surface area contributed by atoms with Crippen LogP contribution in [0.1, 0.15) is 5.56 Å². The van der Waals surface area contributed by atoms with Crippen LogP contribution in [0.4, 0.5) is 5.13 Å². The fraction of sp³-hybridized carbons (Fsp3) is 0.0588. The van der Waals surface area contributed by atoms with Crippen LogP contribution in [0, 0.1) is 0 Å². The smallest absolute Gasteiger partial charge is 0.203 e. The molecule has 3 rings (SSSR count). The molecule has 1 heterocycles. The van der Waals surface area contributed by atoms with E-state index in [2.05, 4.69) is 31.4 Å². The highest BCUT2D eigenvalue weighted by atomic mass is 79.9. The van der Waals surface area contributed by atoms with Gasteiger partial charge in [0.25, 0.3) is 0 Å². The van der Waals surface area contributed by atoms with E-state index in [-0.39, 0.29) is 5.75 Å². The summed E-state index contributed by atoms with van der Waals surface area (Å²) in [5, 5.41) is 16.7. The predicted molar refractivity (Wildman–Crippen MR) is 101 cm³/mol. The first-order valence-corrected chi connectivity index (χ1v) is 8.71. The van der Waals surface area contributed by atoms with Gasteiger partial charge in [0.05, 0.1) is 23.5 Å². The van der Waals surface area contributed by atoms with E-state index in [0.717, 1.165) is 16.8 Å². The molecular formula is C17H14BrN3O2S. The van der Waals surface area contributed by atoms with E-state index in [1.807, 2.05) is 35.7 Å². The number of aromatic hydroxyl groups is 1. The van der Waals surface area contributed by atoms with Gasteiger partial charge in [-0.3, -0.25) is 5.43 Å².